The van der Waals surface area contributed by atoms with Crippen molar-refractivity contribution in [3.8, 4) is 5.75 Å². The van der Waals surface area contributed by atoms with Crippen LogP contribution in [0.5, 0.6) is 5.75 Å². The molecule has 2 N–H and O–H groups in total. The lowest BCUT2D eigenvalue weighted by molar-refractivity contribution is -0.149. The van der Waals surface area contributed by atoms with Gasteiger partial charge in [0.2, 0.25) is 0 Å². The summed E-state index contributed by atoms with van der Waals surface area (Å²) in [6.45, 7) is -1.09. The van der Waals surface area contributed by atoms with Crippen molar-refractivity contribution >= 4 is 23.5 Å². The molecule has 0 aliphatic heterocycles. The molecule has 1 saturated carbocycles. The second-order valence-electron chi connectivity index (χ2n) is 6.22. The summed E-state index contributed by atoms with van der Waals surface area (Å²) in [6.07, 6.45) is 1.90. The van der Waals surface area contributed by atoms with Gasteiger partial charge in [-0.25, -0.2) is 9.18 Å². The molecule has 28 heavy (non-hydrogen) atoms. The first-order chi connectivity index (χ1) is 13.5. The minimum absolute atomic E-state index is 0.0838. The zero-order chi connectivity index (χ0) is 19.9. The lowest BCUT2D eigenvalue weighted by Gasteiger charge is -2.11. The first kappa shape index (κ1) is 19.3. The molecule has 0 saturated heterocycles. The predicted octanol–water partition coefficient (Wildman–Crippen LogP) is 2.28. The fourth-order valence-corrected chi connectivity index (χ4v) is 2.35. The number of carbonyl (C=O) groups excluding carboxylic acids is 3. The third-order valence-electron chi connectivity index (χ3n) is 3.90. The lowest BCUT2D eigenvalue weighted by atomic mass is 10.1. The van der Waals surface area contributed by atoms with Gasteiger partial charge in [-0.2, -0.15) is 0 Å². The Bertz CT molecular complexity index is 882. The maximum absolute atomic E-state index is 13.4. The number of anilines is 1. The molecule has 8 heteroatoms. The molecule has 146 valence electrons. The average molecular weight is 386 g/mol. The molecule has 2 amide bonds. The summed E-state index contributed by atoms with van der Waals surface area (Å²) in [7, 11) is 0. The average Bonchev–Trinajstić information content (AvgIpc) is 3.50. The van der Waals surface area contributed by atoms with Crippen molar-refractivity contribution in [2.24, 2.45) is 0 Å². The van der Waals surface area contributed by atoms with Gasteiger partial charge in [0.15, 0.2) is 24.8 Å². The summed E-state index contributed by atoms with van der Waals surface area (Å²) >= 11 is 0. The summed E-state index contributed by atoms with van der Waals surface area (Å²) in [5.74, 6) is -2.38. The van der Waals surface area contributed by atoms with Crippen LogP contribution < -0.4 is 15.4 Å². The van der Waals surface area contributed by atoms with Gasteiger partial charge in [-0.1, -0.05) is 24.3 Å². The molecule has 0 aromatic heterocycles. The normalized spacial score (nSPS) is 12.8. The van der Waals surface area contributed by atoms with Crippen LogP contribution in [0.3, 0.4) is 0 Å². The van der Waals surface area contributed by atoms with E-state index in [1.165, 1.54) is 18.2 Å². The van der Waals surface area contributed by atoms with Crippen molar-refractivity contribution < 1.29 is 28.2 Å². The van der Waals surface area contributed by atoms with Gasteiger partial charge in [-0.15, -0.1) is 0 Å². The van der Waals surface area contributed by atoms with E-state index in [-0.39, 0.29) is 17.7 Å². The van der Waals surface area contributed by atoms with Gasteiger partial charge in [0.1, 0.15) is 0 Å². The molecule has 1 fully saturated rings. The Kier molecular flexibility index (Phi) is 6.21. The van der Waals surface area contributed by atoms with Crippen LogP contribution in [0.15, 0.2) is 48.5 Å². The SMILES string of the molecule is O=C(COC(=O)COc1ccccc1F)Nc1ccccc1C(=O)NC1CC1. The Balaban J connectivity index is 1.47. The molecule has 3 rings (SSSR count). The molecule has 1 aliphatic rings. The highest BCUT2D eigenvalue weighted by Gasteiger charge is 2.25. The molecule has 0 atom stereocenters. The molecule has 1 aliphatic carbocycles. The third-order valence-corrected chi connectivity index (χ3v) is 3.90. The van der Waals surface area contributed by atoms with E-state index in [1.54, 1.807) is 30.3 Å². The number of hydrogen-bond acceptors (Lipinski definition) is 5. The van der Waals surface area contributed by atoms with Gasteiger partial charge in [0.05, 0.1) is 11.3 Å². The van der Waals surface area contributed by atoms with E-state index in [0.717, 1.165) is 12.8 Å². The minimum atomic E-state index is -0.821. The van der Waals surface area contributed by atoms with Crippen molar-refractivity contribution in [3.05, 3.63) is 59.9 Å². The van der Waals surface area contributed by atoms with E-state index in [4.69, 9.17) is 9.47 Å². The lowest BCUT2D eigenvalue weighted by Crippen LogP contribution is -2.28. The van der Waals surface area contributed by atoms with Crippen molar-refractivity contribution in [3.63, 3.8) is 0 Å². The molecular formula is C20H19FN2O5. The monoisotopic (exact) mass is 386 g/mol. The third kappa shape index (κ3) is 5.54. The fourth-order valence-electron chi connectivity index (χ4n) is 2.35. The number of rotatable bonds is 8. The standard InChI is InChI=1S/C20H19FN2O5/c21-15-6-2-4-8-17(15)27-12-19(25)28-11-18(24)23-16-7-3-1-5-14(16)20(26)22-13-9-10-13/h1-8,13H,9-12H2,(H,22,26)(H,23,24). The molecule has 2 aromatic rings. The summed E-state index contributed by atoms with van der Waals surface area (Å²) in [4.78, 5) is 35.9. The Morgan fingerprint density at radius 3 is 2.46 bits per heavy atom. The number of carbonyl (C=O) groups is 3. The molecule has 2 aromatic carbocycles. The molecule has 0 spiro atoms. The minimum Gasteiger partial charge on any atom is -0.479 e. The van der Waals surface area contributed by atoms with E-state index in [1.807, 2.05) is 0 Å². The fraction of sp³-hybridized carbons (Fsp3) is 0.250. The second kappa shape index (κ2) is 8.98. The molecule has 0 heterocycles. The number of ether oxygens (including phenoxy) is 2. The maximum Gasteiger partial charge on any atom is 0.344 e. The summed E-state index contributed by atoms with van der Waals surface area (Å²) in [6, 6.07) is 12.4. The summed E-state index contributed by atoms with van der Waals surface area (Å²) < 4.78 is 23.2. The van der Waals surface area contributed by atoms with Crippen LogP contribution in [-0.4, -0.2) is 37.0 Å². The zero-order valence-electron chi connectivity index (χ0n) is 14.9. The van der Waals surface area contributed by atoms with E-state index in [9.17, 15) is 18.8 Å². The molecule has 7 nitrogen and oxygen atoms in total. The summed E-state index contributed by atoms with van der Waals surface area (Å²) in [5.41, 5.74) is 0.654. The first-order valence-corrected chi connectivity index (χ1v) is 8.75. The number of nitrogens with one attached hydrogen (secondary N) is 2. The van der Waals surface area contributed by atoms with E-state index >= 15 is 0 Å². The highest BCUT2D eigenvalue weighted by molar-refractivity contribution is 6.04. The van der Waals surface area contributed by atoms with Crippen LogP contribution in [0.1, 0.15) is 23.2 Å². The van der Waals surface area contributed by atoms with Gasteiger partial charge in [0, 0.05) is 6.04 Å². The number of esters is 1. The topological polar surface area (TPSA) is 93.7 Å². The number of benzene rings is 2. The molecule has 0 unspecified atom stereocenters. The van der Waals surface area contributed by atoms with E-state index in [2.05, 4.69) is 10.6 Å². The Labute approximate surface area is 160 Å². The van der Waals surface area contributed by atoms with Gasteiger partial charge >= 0.3 is 5.97 Å². The Hall–Kier alpha value is -3.42. The first-order valence-electron chi connectivity index (χ1n) is 8.75. The maximum atomic E-state index is 13.4. The second-order valence-corrected chi connectivity index (χ2v) is 6.22. The number of hydrogen-bond donors (Lipinski definition) is 2. The number of amides is 2. The summed E-state index contributed by atoms with van der Waals surface area (Å²) in [5, 5.41) is 5.39. The Morgan fingerprint density at radius 1 is 1.00 bits per heavy atom. The van der Waals surface area contributed by atoms with Crippen molar-refractivity contribution in [1.29, 1.82) is 0 Å². The van der Waals surface area contributed by atoms with Crippen molar-refractivity contribution in [1.82, 2.24) is 5.32 Å². The van der Waals surface area contributed by atoms with Crippen molar-refractivity contribution in [2.45, 2.75) is 18.9 Å². The highest BCUT2D eigenvalue weighted by atomic mass is 19.1. The highest BCUT2D eigenvalue weighted by Crippen LogP contribution is 2.21. The van der Waals surface area contributed by atoms with Crippen LogP contribution in [0.4, 0.5) is 10.1 Å². The van der Waals surface area contributed by atoms with Crippen LogP contribution in [0, 0.1) is 5.82 Å². The predicted molar refractivity (Wildman–Crippen MR) is 98.4 cm³/mol. The van der Waals surface area contributed by atoms with Gasteiger partial charge < -0.3 is 20.1 Å². The van der Waals surface area contributed by atoms with Crippen LogP contribution >= 0.6 is 0 Å². The van der Waals surface area contributed by atoms with Crippen LogP contribution in [-0.2, 0) is 14.3 Å². The number of halogens is 1. The molecule has 0 bridgehead atoms. The van der Waals surface area contributed by atoms with Crippen LogP contribution in [0.2, 0.25) is 0 Å². The van der Waals surface area contributed by atoms with Gasteiger partial charge in [-0.3, -0.25) is 9.59 Å². The number of para-hydroxylation sites is 2. The zero-order valence-corrected chi connectivity index (χ0v) is 14.9. The van der Waals surface area contributed by atoms with Crippen molar-refractivity contribution in [2.75, 3.05) is 18.5 Å². The van der Waals surface area contributed by atoms with Gasteiger partial charge in [0.25, 0.3) is 11.8 Å². The van der Waals surface area contributed by atoms with E-state index in [0.29, 0.717) is 11.3 Å². The van der Waals surface area contributed by atoms with Gasteiger partial charge in [-0.05, 0) is 37.1 Å². The molecular weight excluding hydrogens is 367 g/mol. The Morgan fingerprint density at radius 2 is 1.71 bits per heavy atom. The molecule has 0 radical (unpaired) electrons. The smallest absolute Gasteiger partial charge is 0.344 e. The van der Waals surface area contributed by atoms with E-state index < -0.39 is 30.9 Å². The van der Waals surface area contributed by atoms with Crippen LogP contribution in [0.25, 0.3) is 0 Å². The quantitative estimate of drug-likeness (QED) is 0.679. The largest absolute Gasteiger partial charge is 0.479 e.